The Kier molecular flexibility index (Phi) is 3.76. The van der Waals surface area contributed by atoms with E-state index < -0.39 is 0 Å². The Morgan fingerprint density at radius 2 is 2.58 bits per heavy atom. The third-order valence-electron chi connectivity index (χ3n) is 1.63. The molecule has 0 fully saturated rings. The third-order valence-corrected chi connectivity index (χ3v) is 1.63. The van der Waals surface area contributed by atoms with Crippen LogP contribution in [0.1, 0.15) is 12.6 Å². The van der Waals surface area contributed by atoms with Crippen LogP contribution in [0.4, 0.5) is 0 Å². The Hall–Kier alpha value is -0.870. The minimum Gasteiger partial charge on any atom is -0.380 e. The lowest BCUT2D eigenvalue weighted by Crippen LogP contribution is -2.25. The average molecular weight is 170 g/mol. The van der Waals surface area contributed by atoms with Gasteiger partial charge in [0.15, 0.2) is 0 Å². The van der Waals surface area contributed by atoms with Crippen molar-refractivity contribution in [1.82, 2.24) is 10.5 Å². The van der Waals surface area contributed by atoms with Gasteiger partial charge in [0.2, 0.25) is 0 Å². The summed E-state index contributed by atoms with van der Waals surface area (Å²) in [7, 11) is 1.70. The molecule has 1 unspecified atom stereocenters. The average Bonchev–Trinajstić information content (AvgIpc) is 2.57. The molecule has 1 aromatic rings. The minimum atomic E-state index is 0.233. The molecule has 1 N–H and O–H groups in total. The van der Waals surface area contributed by atoms with Gasteiger partial charge < -0.3 is 14.6 Å². The zero-order valence-electron chi connectivity index (χ0n) is 7.41. The molecule has 12 heavy (non-hydrogen) atoms. The summed E-state index contributed by atoms with van der Waals surface area (Å²) in [5.74, 6) is 0. The molecule has 0 aliphatic rings. The quantitative estimate of drug-likeness (QED) is 0.710. The Morgan fingerprint density at radius 3 is 3.17 bits per heavy atom. The Balaban J connectivity index is 2.11. The fourth-order valence-electron chi connectivity index (χ4n) is 0.816. The largest absolute Gasteiger partial charge is 0.380 e. The van der Waals surface area contributed by atoms with Crippen LogP contribution in [-0.4, -0.2) is 24.9 Å². The lowest BCUT2D eigenvalue weighted by Gasteiger charge is -2.08. The number of hydrogen-bond acceptors (Lipinski definition) is 4. The normalized spacial score (nSPS) is 13.2. The second-order valence-corrected chi connectivity index (χ2v) is 2.67. The van der Waals surface area contributed by atoms with Gasteiger partial charge in [-0.05, 0) is 6.92 Å². The van der Waals surface area contributed by atoms with Crippen LogP contribution in [0.3, 0.4) is 0 Å². The van der Waals surface area contributed by atoms with Crippen LogP contribution >= 0.6 is 0 Å². The lowest BCUT2D eigenvalue weighted by atomic mass is 10.4. The summed E-state index contributed by atoms with van der Waals surface area (Å²) in [6.45, 7) is 3.56. The monoisotopic (exact) mass is 170 g/mol. The maximum absolute atomic E-state index is 5.06. The Labute approximate surface area is 71.9 Å². The topological polar surface area (TPSA) is 47.3 Å². The lowest BCUT2D eigenvalue weighted by molar-refractivity contribution is 0.117. The van der Waals surface area contributed by atoms with Crippen LogP contribution in [0.15, 0.2) is 16.9 Å². The molecule has 0 saturated heterocycles. The van der Waals surface area contributed by atoms with Gasteiger partial charge in [0.1, 0.15) is 6.26 Å². The van der Waals surface area contributed by atoms with Crippen molar-refractivity contribution in [1.29, 1.82) is 0 Å². The van der Waals surface area contributed by atoms with Crippen molar-refractivity contribution >= 4 is 0 Å². The highest BCUT2D eigenvalue weighted by atomic mass is 16.5. The first kappa shape index (κ1) is 9.22. The smallest absolute Gasteiger partial charge is 0.124 e. The molecule has 0 radical (unpaired) electrons. The number of methoxy groups -OCH3 is 1. The van der Waals surface area contributed by atoms with E-state index in [1.807, 2.05) is 13.0 Å². The number of nitrogens with zero attached hydrogens (tertiary/aromatic N) is 1. The summed E-state index contributed by atoms with van der Waals surface area (Å²) in [6.07, 6.45) is 1.80. The van der Waals surface area contributed by atoms with Crippen LogP contribution < -0.4 is 5.32 Å². The third kappa shape index (κ3) is 3.02. The van der Waals surface area contributed by atoms with Gasteiger partial charge in [0.05, 0.1) is 11.8 Å². The second-order valence-electron chi connectivity index (χ2n) is 2.67. The summed E-state index contributed by atoms with van der Waals surface area (Å²) in [4.78, 5) is 0. The van der Waals surface area contributed by atoms with Crippen LogP contribution in [0.25, 0.3) is 0 Å². The summed E-state index contributed by atoms with van der Waals surface area (Å²) < 4.78 is 9.74. The number of rotatable bonds is 5. The fourth-order valence-corrected chi connectivity index (χ4v) is 0.816. The van der Waals surface area contributed by atoms with Crippen molar-refractivity contribution in [2.24, 2.45) is 0 Å². The molecular formula is C8H14N2O2. The Morgan fingerprint density at radius 1 is 1.75 bits per heavy atom. The molecule has 1 rings (SSSR count). The highest BCUT2D eigenvalue weighted by Crippen LogP contribution is 1.93. The van der Waals surface area contributed by atoms with Gasteiger partial charge in [-0.1, -0.05) is 5.16 Å². The van der Waals surface area contributed by atoms with Crippen molar-refractivity contribution < 1.29 is 9.26 Å². The number of ether oxygens (including phenoxy) is 1. The van der Waals surface area contributed by atoms with Gasteiger partial charge in [0, 0.05) is 26.3 Å². The van der Waals surface area contributed by atoms with E-state index >= 15 is 0 Å². The number of nitrogens with one attached hydrogen (secondary N) is 1. The van der Waals surface area contributed by atoms with Gasteiger partial charge >= 0.3 is 0 Å². The molecule has 0 aliphatic carbocycles. The van der Waals surface area contributed by atoms with Gasteiger partial charge in [-0.15, -0.1) is 0 Å². The second kappa shape index (κ2) is 4.90. The van der Waals surface area contributed by atoms with E-state index in [9.17, 15) is 0 Å². The van der Waals surface area contributed by atoms with Crippen molar-refractivity contribution in [2.45, 2.75) is 19.6 Å². The van der Waals surface area contributed by atoms with E-state index in [0.29, 0.717) is 0 Å². The maximum atomic E-state index is 5.06. The van der Waals surface area contributed by atoms with Gasteiger partial charge in [-0.2, -0.15) is 0 Å². The van der Waals surface area contributed by atoms with Gasteiger partial charge in [-0.3, -0.25) is 0 Å². The van der Waals surface area contributed by atoms with Crippen LogP contribution in [0, 0.1) is 0 Å². The minimum absolute atomic E-state index is 0.233. The summed E-state index contributed by atoms with van der Waals surface area (Å²) in [5, 5.41) is 6.95. The van der Waals surface area contributed by atoms with E-state index in [4.69, 9.17) is 4.74 Å². The molecule has 0 spiro atoms. The predicted molar refractivity (Wildman–Crippen MR) is 44.7 cm³/mol. The van der Waals surface area contributed by atoms with Crippen molar-refractivity contribution in [2.75, 3.05) is 13.7 Å². The SMILES string of the molecule is COC(C)CNCc1ccon1. The summed E-state index contributed by atoms with van der Waals surface area (Å²) in [5.41, 5.74) is 0.915. The molecule has 1 heterocycles. The highest BCUT2D eigenvalue weighted by molar-refractivity contribution is 4.94. The first-order valence-corrected chi connectivity index (χ1v) is 3.95. The van der Waals surface area contributed by atoms with Crippen LogP contribution in [0.2, 0.25) is 0 Å². The molecule has 4 heteroatoms. The van der Waals surface area contributed by atoms with E-state index in [2.05, 4.69) is 15.0 Å². The van der Waals surface area contributed by atoms with Crippen molar-refractivity contribution in [3.05, 3.63) is 18.0 Å². The molecule has 0 amide bonds. The molecule has 0 aliphatic heterocycles. The zero-order valence-corrected chi connectivity index (χ0v) is 7.41. The number of hydrogen-bond donors (Lipinski definition) is 1. The molecule has 68 valence electrons. The van der Waals surface area contributed by atoms with E-state index in [1.165, 1.54) is 0 Å². The van der Waals surface area contributed by atoms with Crippen molar-refractivity contribution in [3.63, 3.8) is 0 Å². The highest BCUT2D eigenvalue weighted by Gasteiger charge is 1.99. The molecule has 0 saturated carbocycles. The van der Waals surface area contributed by atoms with Crippen molar-refractivity contribution in [3.8, 4) is 0 Å². The maximum Gasteiger partial charge on any atom is 0.124 e. The molecule has 1 aromatic heterocycles. The molecule has 4 nitrogen and oxygen atoms in total. The standard InChI is InChI=1S/C8H14N2O2/c1-7(11-2)5-9-6-8-3-4-12-10-8/h3-4,7,9H,5-6H2,1-2H3. The Bertz CT molecular complexity index is 199. The van der Waals surface area contributed by atoms with E-state index in [-0.39, 0.29) is 6.10 Å². The molecular weight excluding hydrogens is 156 g/mol. The summed E-state index contributed by atoms with van der Waals surface area (Å²) >= 11 is 0. The van der Waals surface area contributed by atoms with Gasteiger partial charge in [-0.25, -0.2) is 0 Å². The van der Waals surface area contributed by atoms with Gasteiger partial charge in [0.25, 0.3) is 0 Å². The predicted octanol–water partition coefficient (Wildman–Crippen LogP) is 0.799. The molecule has 0 aromatic carbocycles. The molecule has 0 bridgehead atoms. The fraction of sp³-hybridized carbons (Fsp3) is 0.625. The van der Waals surface area contributed by atoms with Crippen LogP contribution in [-0.2, 0) is 11.3 Å². The van der Waals surface area contributed by atoms with Crippen LogP contribution in [0.5, 0.6) is 0 Å². The summed E-state index contributed by atoms with van der Waals surface area (Å²) in [6, 6.07) is 1.84. The first-order chi connectivity index (χ1) is 5.83. The zero-order chi connectivity index (χ0) is 8.81. The first-order valence-electron chi connectivity index (χ1n) is 3.95. The molecule has 1 atom stereocenters. The van der Waals surface area contributed by atoms with E-state index in [1.54, 1.807) is 13.4 Å². The van der Waals surface area contributed by atoms with E-state index in [0.717, 1.165) is 18.8 Å². The number of aromatic nitrogens is 1.